The molecule has 0 bridgehead atoms. The molecule has 4 aromatic carbocycles. The number of hydrogen-bond acceptors (Lipinski definition) is 6. The van der Waals surface area contributed by atoms with Crippen molar-refractivity contribution in [3.63, 3.8) is 0 Å². The number of hydrogen-bond donors (Lipinski definition) is 2. The molecule has 2 heterocycles. The van der Waals surface area contributed by atoms with Crippen LogP contribution in [0.3, 0.4) is 0 Å². The number of pyridine rings is 1. The first kappa shape index (κ1) is 32.8. The van der Waals surface area contributed by atoms with E-state index in [1.165, 1.54) is 11.1 Å². The Kier molecular flexibility index (Phi) is 10.0. The Morgan fingerprint density at radius 1 is 0.681 bits per heavy atom. The third-order valence-corrected chi connectivity index (χ3v) is 14.1. The van der Waals surface area contributed by atoms with Crippen molar-refractivity contribution in [1.29, 1.82) is 0 Å². The average molecular weight is 645 g/mol. The Labute approximate surface area is 279 Å². The van der Waals surface area contributed by atoms with E-state index in [4.69, 9.17) is 14.1 Å². The molecule has 1 aromatic heterocycles. The first-order valence-corrected chi connectivity index (χ1v) is 18.2. The van der Waals surface area contributed by atoms with E-state index in [2.05, 4.69) is 74.2 Å². The predicted octanol–water partition coefficient (Wildman–Crippen LogP) is 6.03. The van der Waals surface area contributed by atoms with E-state index < -0.39 is 32.7 Å². The highest BCUT2D eigenvalue weighted by Gasteiger charge is 2.52. The fourth-order valence-electron chi connectivity index (χ4n) is 6.71. The van der Waals surface area contributed by atoms with E-state index in [0.717, 1.165) is 16.2 Å². The summed E-state index contributed by atoms with van der Waals surface area (Å²) in [6.07, 6.45) is -1.89. The highest BCUT2D eigenvalue weighted by Crippen LogP contribution is 2.39. The molecule has 1 aliphatic rings. The molecule has 4 atom stereocenters. The molecule has 7 heteroatoms. The van der Waals surface area contributed by atoms with Crippen LogP contribution in [0.4, 0.5) is 5.82 Å². The lowest BCUT2D eigenvalue weighted by atomic mass is 10.0. The van der Waals surface area contributed by atoms with Gasteiger partial charge in [0.15, 0.2) is 0 Å². The number of ether oxygens (including phenoxy) is 1. The highest BCUT2D eigenvalue weighted by molar-refractivity contribution is 6.99. The van der Waals surface area contributed by atoms with Gasteiger partial charge in [-0.15, -0.1) is 0 Å². The Morgan fingerprint density at radius 3 is 1.62 bits per heavy atom. The highest BCUT2D eigenvalue weighted by atomic mass is 28.4. The average Bonchev–Trinajstić information content (AvgIpc) is 3.38. The summed E-state index contributed by atoms with van der Waals surface area (Å²) in [6, 6.07) is 45.4. The van der Waals surface area contributed by atoms with Gasteiger partial charge in [-0.25, -0.2) is 4.98 Å². The van der Waals surface area contributed by atoms with E-state index in [-0.39, 0.29) is 11.6 Å². The molecule has 2 N–H and O–H groups in total. The summed E-state index contributed by atoms with van der Waals surface area (Å²) in [5.41, 5.74) is 3.10. The van der Waals surface area contributed by atoms with Crippen LogP contribution in [0.25, 0.3) is 0 Å². The lowest BCUT2D eigenvalue weighted by Crippen LogP contribution is -2.67. The molecule has 0 saturated carbocycles. The first-order chi connectivity index (χ1) is 22.8. The van der Waals surface area contributed by atoms with Crippen molar-refractivity contribution in [3.8, 4) is 0 Å². The van der Waals surface area contributed by atoms with Crippen LogP contribution >= 0.6 is 0 Å². The summed E-state index contributed by atoms with van der Waals surface area (Å²) in [6.45, 7) is 8.20. The normalized spacial score (nSPS) is 19.9. The maximum absolute atomic E-state index is 11.2. The van der Waals surface area contributed by atoms with Gasteiger partial charge in [-0.1, -0.05) is 148 Å². The monoisotopic (exact) mass is 644 g/mol. The topological polar surface area (TPSA) is 75.1 Å². The van der Waals surface area contributed by atoms with Crippen molar-refractivity contribution in [2.24, 2.45) is 0 Å². The van der Waals surface area contributed by atoms with Crippen molar-refractivity contribution < 1.29 is 19.4 Å². The summed E-state index contributed by atoms with van der Waals surface area (Å²) in [4.78, 5) is 7.06. The Bertz CT molecular complexity index is 1600. The fourth-order valence-corrected chi connectivity index (χ4v) is 11.3. The zero-order valence-electron chi connectivity index (χ0n) is 27.3. The second-order valence-electron chi connectivity index (χ2n) is 13.3. The van der Waals surface area contributed by atoms with E-state index in [1.54, 1.807) is 6.20 Å². The van der Waals surface area contributed by atoms with Crippen LogP contribution in [0.5, 0.6) is 0 Å². The van der Waals surface area contributed by atoms with E-state index in [0.29, 0.717) is 18.7 Å². The van der Waals surface area contributed by atoms with Gasteiger partial charge >= 0.3 is 0 Å². The number of aromatic nitrogens is 1. The van der Waals surface area contributed by atoms with Crippen molar-refractivity contribution in [2.45, 2.75) is 63.3 Å². The minimum Gasteiger partial charge on any atom is -0.405 e. The number of anilines is 1. The Hall–Kier alpha value is -4.11. The van der Waals surface area contributed by atoms with Crippen LogP contribution in [0, 0.1) is 0 Å². The minimum absolute atomic E-state index is 0.148. The molecular weight excluding hydrogens is 601 g/mol. The number of nitrogens with zero attached hydrogens (tertiary/aromatic N) is 2. The second-order valence-corrected chi connectivity index (χ2v) is 17.6. The maximum Gasteiger partial charge on any atom is 0.261 e. The smallest absolute Gasteiger partial charge is 0.261 e. The third-order valence-electron chi connectivity index (χ3n) is 9.10. The summed E-state index contributed by atoms with van der Waals surface area (Å²) in [5.74, 6) is 0.820. The minimum atomic E-state index is -2.85. The number of rotatable bonds is 11. The Balaban J connectivity index is 1.22. The molecule has 0 radical (unpaired) electrons. The van der Waals surface area contributed by atoms with Gasteiger partial charge in [-0.3, -0.25) is 0 Å². The molecule has 1 fully saturated rings. The zero-order chi connectivity index (χ0) is 32.9. The number of benzene rings is 4. The Morgan fingerprint density at radius 2 is 1.17 bits per heavy atom. The van der Waals surface area contributed by atoms with Crippen LogP contribution in [-0.2, 0) is 22.3 Å². The zero-order valence-corrected chi connectivity index (χ0v) is 28.3. The molecule has 0 aliphatic carbocycles. The van der Waals surface area contributed by atoms with Crippen LogP contribution in [0.2, 0.25) is 5.04 Å². The quantitative estimate of drug-likeness (QED) is 0.171. The van der Waals surface area contributed by atoms with Gasteiger partial charge in [0, 0.05) is 24.8 Å². The molecule has 5 aromatic rings. The summed E-state index contributed by atoms with van der Waals surface area (Å²) >= 11 is 0. The van der Waals surface area contributed by atoms with Crippen LogP contribution < -0.4 is 15.3 Å². The molecular formula is C40H44N2O4Si. The number of aliphatic hydroxyl groups excluding tert-OH is 2. The number of aliphatic hydroxyl groups is 2. The molecule has 1 saturated heterocycles. The van der Waals surface area contributed by atoms with Gasteiger partial charge in [-0.2, -0.15) is 0 Å². The van der Waals surface area contributed by atoms with Gasteiger partial charge in [0.05, 0.1) is 6.61 Å². The molecule has 47 heavy (non-hydrogen) atoms. The van der Waals surface area contributed by atoms with Gasteiger partial charge in [0.1, 0.15) is 30.2 Å². The van der Waals surface area contributed by atoms with E-state index in [1.807, 2.05) is 84.9 Å². The standard InChI is InChI=1S/C40H44N2O4Si/c1-40(2,3)47(33-20-12-6-13-21-33,34-22-14-7-15-23-34)45-29-35-37(43)38(44)39(46-35)32-24-25-36(41-26-32)42(27-30-16-8-4-9-17-30)28-31-18-10-5-11-19-31/h4-26,35,37-39,43-44H,27-29H2,1-3H3/t35-,37-,38-,39+/m1/s1. The largest absolute Gasteiger partial charge is 0.405 e. The molecule has 0 amide bonds. The van der Waals surface area contributed by atoms with Crippen molar-refractivity contribution in [2.75, 3.05) is 11.5 Å². The SMILES string of the molecule is CC(C)(C)[Si](OC[C@H]1O[C@@H](c2ccc(N(Cc3ccccc3)Cc3ccccc3)nc2)[C@H](O)[C@@H]1O)(c1ccccc1)c1ccccc1. The molecule has 242 valence electrons. The van der Waals surface area contributed by atoms with Gasteiger partial charge < -0.3 is 24.3 Å². The maximum atomic E-state index is 11.2. The van der Waals surface area contributed by atoms with Crippen molar-refractivity contribution in [1.82, 2.24) is 4.98 Å². The van der Waals surface area contributed by atoms with Crippen molar-refractivity contribution in [3.05, 3.63) is 156 Å². The summed E-state index contributed by atoms with van der Waals surface area (Å²) in [7, 11) is -2.85. The second kappa shape index (κ2) is 14.3. The van der Waals surface area contributed by atoms with E-state index in [9.17, 15) is 10.2 Å². The summed E-state index contributed by atoms with van der Waals surface area (Å²) < 4.78 is 13.4. The van der Waals surface area contributed by atoms with Gasteiger partial charge in [-0.05, 0) is 32.6 Å². The molecule has 0 unspecified atom stereocenters. The lowest BCUT2D eigenvalue weighted by molar-refractivity contribution is -0.0190. The van der Waals surface area contributed by atoms with E-state index >= 15 is 0 Å². The van der Waals surface area contributed by atoms with Gasteiger partial charge in [0.25, 0.3) is 8.32 Å². The lowest BCUT2D eigenvalue weighted by Gasteiger charge is -2.43. The van der Waals surface area contributed by atoms with Crippen molar-refractivity contribution >= 4 is 24.5 Å². The van der Waals surface area contributed by atoms with Crippen LogP contribution in [0.15, 0.2) is 140 Å². The molecule has 6 nitrogen and oxygen atoms in total. The summed E-state index contributed by atoms with van der Waals surface area (Å²) in [5, 5.41) is 24.5. The molecule has 1 aliphatic heterocycles. The van der Waals surface area contributed by atoms with Gasteiger partial charge in [0.2, 0.25) is 0 Å². The van der Waals surface area contributed by atoms with Crippen LogP contribution in [0.1, 0.15) is 43.6 Å². The van der Waals surface area contributed by atoms with Crippen LogP contribution in [-0.4, -0.2) is 48.4 Å². The molecule has 6 rings (SSSR count). The first-order valence-electron chi connectivity index (χ1n) is 16.3. The third kappa shape index (κ3) is 7.10. The predicted molar refractivity (Wildman–Crippen MR) is 190 cm³/mol. The fraction of sp³-hybridized carbons (Fsp3) is 0.275. The molecule has 0 spiro atoms.